The average molecular weight is 300 g/mol. The van der Waals surface area contributed by atoms with Crippen molar-refractivity contribution in [2.24, 2.45) is 0 Å². The lowest BCUT2D eigenvalue weighted by Crippen LogP contribution is -2.55. The number of nitrogens with one attached hydrogen (secondary N) is 1. The number of nitrogens with zero attached hydrogens (tertiary/aromatic N) is 3. The van der Waals surface area contributed by atoms with E-state index in [2.05, 4.69) is 15.2 Å². The zero-order valence-electron chi connectivity index (χ0n) is 11.7. The van der Waals surface area contributed by atoms with Gasteiger partial charge in [-0.2, -0.15) is 0 Å². The van der Waals surface area contributed by atoms with Gasteiger partial charge in [0.2, 0.25) is 11.1 Å². The summed E-state index contributed by atoms with van der Waals surface area (Å²) in [6, 6.07) is 0. The van der Waals surface area contributed by atoms with Crippen molar-refractivity contribution in [1.82, 2.24) is 20.1 Å². The third kappa shape index (κ3) is 3.50. The summed E-state index contributed by atoms with van der Waals surface area (Å²) in [6.07, 6.45) is 0.250. The molecule has 0 spiro atoms. The van der Waals surface area contributed by atoms with E-state index in [4.69, 9.17) is 0 Å². The predicted octanol–water partition coefficient (Wildman–Crippen LogP) is -0.197. The Morgan fingerprint density at radius 2 is 2.40 bits per heavy atom. The summed E-state index contributed by atoms with van der Waals surface area (Å²) in [6.45, 7) is 4.19. The quantitative estimate of drug-likeness (QED) is 0.666. The van der Waals surface area contributed by atoms with Gasteiger partial charge in [0.25, 0.3) is 0 Å². The highest BCUT2D eigenvalue weighted by molar-refractivity contribution is 7.99. The predicted molar refractivity (Wildman–Crippen MR) is 74.3 cm³/mol. The fourth-order valence-corrected chi connectivity index (χ4v) is 2.69. The summed E-state index contributed by atoms with van der Waals surface area (Å²) in [4.78, 5) is 17.8. The number of piperidine rings is 1. The number of thioether (sulfide) groups is 1. The van der Waals surface area contributed by atoms with Crippen molar-refractivity contribution in [3.05, 3.63) is 5.82 Å². The Kier molecular flexibility index (Phi) is 4.66. The summed E-state index contributed by atoms with van der Waals surface area (Å²) in [5.74, 6) is 0.951. The number of aliphatic hydroxyl groups is 2. The number of rotatable bonds is 4. The van der Waals surface area contributed by atoms with Crippen LogP contribution in [0.5, 0.6) is 0 Å². The van der Waals surface area contributed by atoms with Crippen LogP contribution in [0.25, 0.3) is 0 Å². The number of β-amino-alcohol motifs (C(OH)–C–C–N with tert-alkyl or cyclic N) is 1. The molecule has 1 aromatic rings. The maximum absolute atomic E-state index is 12.1. The van der Waals surface area contributed by atoms with Gasteiger partial charge in [-0.3, -0.25) is 9.89 Å². The Morgan fingerprint density at radius 3 is 3.00 bits per heavy atom. The normalized spacial score (nSPS) is 26.8. The SMILES string of the molecule is CCc1nc(SCC(=O)N2CC[C@](C)(O)[C@H](O)C2)n[nH]1. The lowest BCUT2D eigenvalue weighted by Gasteiger charge is -2.39. The summed E-state index contributed by atoms with van der Waals surface area (Å²) >= 11 is 1.27. The Hall–Kier alpha value is -1.12. The van der Waals surface area contributed by atoms with Gasteiger partial charge in [0.1, 0.15) is 5.82 Å². The van der Waals surface area contributed by atoms with Gasteiger partial charge in [0.15, 0.2) is 0 Å². The minimum Gasteiger partial charge on any atom is -0.388 e. The highest BCUT2D eigenvalue weighted by Crippen LogP contribution is 2.23. The van der Waals surface area contributed by atoms with E-state index in [1.165, 1.54) is 11.8 Å². The molecule has 0 radical (unpaired) electrons. The molecular weight excluding hydrogens is 280 g/mol. The first kappa shape index (κ1) is 15.3. The van der Waals surface area contributed by atoms with Crippen LogP contribution < -0.4 is 0 Å². The molecule has 1 aliphatic rings. The first-order valence-electron chi connectivity index (χ1n) is 6.64. The molecule has 2 heterocycles. The molecule has 8 heteroatoms. The van der Waals surface area contributed by atoms with E-state index in [1.54, 1.807) is 11.8 Å². The van der Waals surface area contributed by atoms with Crippen molar-refractivity contribution < 1.29 is 15.0 Å². The molecule has 1 aromatic heterocycles. The van der Waals surface area contributed by atoms with E-state index in [0.29, 0.717) is 18.1 Å². The first-order chi connectivity index (χ1) is 9.42. The van der Waals surface area contributed by atoms with Crippen molar-refractivity contribution in [3.8, 4) is 0 Å². The van der Waals surface area contributed by atoms with Crippen molar-refractivity contribution in [2.45, 2.75) is 43.6 Å². The summed E-state index contributed by atoms with van der Waals surface area (Å²) in [5, 5.41) is 27.0. The summed E-state index contributed by atoms with van der Waals surface area (Å²) in [5.41, 5.74) is -1.11. The second kappa shape index (κ2) is 6.11. The molecule has 1 fully saturated rings. The minimum atomic E-state index is -1.11. The van der Waals surface area contributed by atoms with Gasteiger partial charge in [0, 0.05) is 19.5 Å². The van der Waals surface area contributed by atoms with Crippen LogP contribution in [0, 0.1) is 0 Å². The van der Waals surface area contributed by atoms with E-state index in [-0.39, 0.29) is 18.2 Å². The molecule has 20 heavy (non-hydrogen) atoms. The highest BCUT2D eigenvalue weighted by atomic mass is 32.2. The number of carbonyl (C=O) groups excluding carboxylic acids is 1. The fraction of sp³-hybridized carbons (Fsp3) is 0.750. The summed E-state index contributed by atoms with van der Waals surface area (Å²) < 4.78 is 0. The van der Waals surface area contributed by atoms with Crippen LogP contribution in [-0.2, 0) is 11.2 Å². The van der Waals surface area contributed by atoms with Crippen LogP contribution in [-0.4, -0.2) is 66.7 Å². The van der Waals surface area contributed by atoms with Gasteiger partial charge in [-0.25, -0.2) is 4.98 Å². The van der Waals surface area contributed by atoms with Crippen molar-refractivity contribution in [3.63, 3.8) is 0 Å². The van der Waals surface area contributed by atoms with E-state index in [9.17, 15) is 15.0 Å². The topological polar surface area (TPSA) is 102 Å². The molecule has 1 amide bonds. The third-order valence-electron chi connectivity index (χ3n) is 3.52. The van der Waals surface area contributed by atoms with E-state index in [1.807, 2.05) is 6.92 Å². The van der Waals surface area contributed by atoms with Crippen LogP contribution in [0.4, 0.5) is 0 Å². The Labute approximate surface area is 121 Å². The van der Waals surface area contributed by atoms with Crippen LogP contribution >= 0.6 is 11.8 Å². The second-order valence-corrected chi connectivity index (χ2v) is 6.11. The fourth-order valence-electron chi connectivity index (χ4n) is 1.97. The van der Waals surface area contributed by atoms with E-state index >= 15 is 0 Å². The summed E-state index contributed by atoms with van der Waals surface area (Å²) in [7, 11) is 0. The number of hydrogen-bond acceptors (Lipinski definition) is 6. The molecule has 2 atom stereocenters. The number of aromatic nitrogens is 3. The zero-order chi connectivity index (χ0) is 14.8. The number of hydrogen-bond donors (Lipinski definition) is 3. The smallest absolute Gasteiger partial charge is 0.233 e. The molecule has 0 unspecified atom stereocenters. The van der Waals surface area contributed by atoms with E-state index < -0.39 is 11.7 Å². The average Bonchev–Trinajstić information content (AvgIpc) is 2.87. The molecule has 7 nitrogen and oxygen atoms in total. The monoisotopic (exact) mass is 300 g/mol. The van der Waals surface area contributed by atoms with Crippen LogP contribution in [0.3, 0.4) is 0 Å². The zero-order valence-corrected chi connectivity index (χ0v) is 12.5. The van der Waals surface area contributed by atoms with Gasteiger partial charge >= 0.3 is 0 Å². The lowest BCUT2D eigenvalue weighted by atomic mass is 9.91. The maximum Gasteiger partial charge on any atom is 0.233 e. The second-order valence-electron chi connectivity index (χ2n) is 5.17. The number of aryl methyl sites for hydroxylation is 1. The Balaban J connectivity index is 1.83. The molecule has 2 rings (SSSR count). The minimum absolute atomic E-state index is 0.0765. The Bertz CT molecular complexity index is 477. The number of likely N-dealkylation sites (tertiary alicyclic amines) is 1. The molecule has 1 saturated heterocycles. The molecule has 0 bridgehead atoms. The third-order valence-corrected chi connectivity index (χ3v) is 4.35. The molecule has 0 saturated carbocycles. The van der Waals surface area contributed by atoms with Crippen LogP contribution in [0.2, 0.25) is 0 Å². The maximum atomic E-state index is 12.1. The van der Waals surface area contributed by atoms with Crippen molar-refractivity contribution in [2.75, 3.05) is 18.8 Å². The molecule has 1 aliphatic heterocycles. The van der Waals surface area contributed by atoms with Gasteiger partial charge in [-0.15, -0.1) is 5.10 Å². The number of carbonyl (C=O) groups is 1. The molecule has 0 aliphatic carbocycles. The number of aliphatic hydroxyl groups excluding tert-OH is 1. The first-order valence-corrected chi connectivity index (χ1v) is 7.63. The Morgan fingerprint density at radius 1 is 1.65 bits per heavy atom. The number of H-pyrrole nitrogens is 1. The molecular formula is C12H20N4O3S. The van der Waals surface area contributed by atoms with Crippen LogP contribution in [0.15, 0.2) is 5.16 Å². The van der Waals surface area contributed by atoms with E-state index in [0.717, 1.165) is 12.2 Å². The van der Waals surface area contributed by atoms with Crippen molar-refractivity contribution >= 4 is 17.7 Å². The van der Waals surface area contributed by atoms with Gasteiger partial charge in [-0.1, -0.05) is 18.7 Å². The number of amides is 1. The standard InChI is InChI=1S/C12H20N4O3S/c1-3-9-13-11(15-14-9)20-7-10(18)16-5-4-12(2,19)8(17)6-16/h8,17,19H,3-7H2,1-2H3,(H,13,14,15)/t8-,12+/m1/s1. The van der Waals surface area contributed by atoms with Crippen LogP contribution in [0.1, 0.15) is 26.1 Å². The molecule has 0 aromatic carbocycles. The molecule has 3 N–H and O–H groups in total. The van der Waals surface area contributed by atoms with Gasteiger partial charge in [0.05, 0.1) is 17.5 Å². The van der Waals surface area contributed by atoms with Gasteiger partial charge < -0.3 is 15.1 Å². The molecule has 112 valence electrons. The van der Waals surface area contributed by atoms with Crippen molar-refractivity contribution in [1.29, 1.82) is 0 Å². The number of aromatic amines is 1. The highest BCUT2D eigenvalue weighted by Gasteiger charge is 2.37. The largest absolute Gasteiger partial charge is 0.388 e. The van der Waals surface area contributed by atoms with Gasteiger partial charge in [-0.05, 0) is 13.3 Å². The lowest BCUT2D eigenvalue weighted by molar-refractivity contribution is -0.143.